The molecule has 0 fully saturated rings. The van der Waals surface area contributed by atoms with Gasteiger partial charge in [-0.25, -0.2) is 0 Å². The quantitative estimate of drug-likeness (QED) is 0.592. The molecule has 0 saturated carbocycles. The fourth-order valence-corrected chi connectivity index (χ4v) is 1.45. The van der Waals surface area contributed by atoms with Gasteiger partial charge in [-0.05, 0) is 38.5 Å². The molecule has 0 aliphatic carbocycles. The number of hydrogen-bond acceptors (Lipinski definition) is 0. The molecule has 64 valence electrons. The molecule has 0 aromatic heterocycles. The van der Waals surface area contributed by atoms with Gasteiger partial charge in [0.15, 0.2) is 0 Å². The van der Waals surface area contributed by atoms with Crippen molar-refractivity contribution in [3.8, 4) is 0 Å². The Balaban J connectivity index is 2.80. The first-order valence-corrected chi connectivity index (χ1v) is 4.69. The molecule has 12 heavy (non-hydrogen) atoms. The van der Waals surface area contributed by atoms with E-state index in [1.807, 2.05) is 0 Å². The van der Waals surface area contributed by atoms with Crippen LogP contribution in [-0.2, 0) is 0 Å². The predicted molar refractivity (Wildman–Crippen MR) is 54.1 cm³/mol. The van der Waals surface area contributed by atoms with E-state index in [2.05, 4.69) is 45.0 Å². The lowest BCUT2D eigenvalue weighted by molar-refractivity contribution is 0.849. The third-order valence-corrected chi connectivity index (χ3v) is 2.31. The molecular formula is C12H17+. The molecule has 0 nitrogen and oxygen atoms in total. The van der Waals surface area contributed by atoms with Gasteiger partial charge >= 0.3 is 0 Å². The van der Waals surface area contributed by atoms with Gasteiger partial charge in [-0.1, -0.05) is 0 Å². The minimum Gasteiger partial charge on any atom is -0.0498 e. The van der Waals surface area contributed by atoms with Crippen molar-refractivity contribution in [2.45, 2.75) is 33.6 Å². The summed E-state index contributed by atoms with van der Waals surface area (Å²) in [7, 11) is 0. The molecule has 1 rings (SSSR count). The van der Waals surface area contributed by atoms with Crippen LogP contribution in [-0.4, -0.2) is 0 Å². The van der Waals surface area contributed by atoms with E-state index in [-0.39, 0.29) is 0 Å². The summed E-state index contributed by atoms with van der Waals surface area (Å²) < 4.78 is 0. The van der Waals surface area contributed by atoms with Gasteiger partial charge in [0, 0.05) is 30.9 Å². The second-order valence-electron chi connectivity index (χ2n) is 3.18. The van der Waals surface area contributed by atoms with Crippen LogP contribution in [0.3, 0.4) is 0 Å². The van der Waals surface area contributed by atoms with E-state index in [0.717, 1.165) is 0 Å². The van der Waals surface area contributed by atoms with Crippen LogP contribution < -0.4 is 0 Å². The zero-order valence-corrected chi connectivity index (χ0v) is 8.22. The summed E-state index contributed by atoms with van der Waals surface area (Å²) in [5.41, 5.74) is 2.75. The summed E-state index contributed by atoms with van der Waals surface area (Å²) in [5.74, 6) is 1.55. The van der Waals surface area contributed by atoms with Gasteiger partial charge in [-0.2, -0.15) is 0 Å². The maximum atomic E-state index is 2.22. The Kier molecular flexibility index (Phi) is 3.21. The van der Waals surface area contributed by atoms with Crippen LogP contribution in [0.15, 0.2) is 24.3 Å². The number of hydrogen-bond donors (Lipinski definition) is 0. The van der Waals surface area contributed by atoms with Gasteiger partial charge in [0.25, 0.3) is 0 Å². The molecule has 0 saturated heterocycles. The normalized spacial score (nSPS) is 9.92. The molecule has 0 amide bonds. The molecule has 0 aliphatic heterocycles. The summed E-state index contributed by atoms with van der Waals surface area (Å²) in [6.07, 6.45) is 2.33. The van der Waals surface area contributed by atoms with E-state index in [1.165, 1.54) is 24.0 Å². The summed E-state index contributed by atoms with van der Waals surface area (Å²) in [4.78, 5) is 0. The standard InChI is InChI=1S/C12H17/c1-4-11(5-2)12-8-6-10(3)7-9-12/h6-9H,4-5H2,1-3H3/q+1. The molecule has 0 heteroatoms. The Morgan fingerprint density at radius 2 is 1.50 bits per heavy atom. The van der Waals surface area contributed by atoms with Crippen molar-refractivity contribution in [1.29, 1.82) is 0 Å². The highest BCUT2D eigenvalue weighted by Gasteiger charge is 2.13. The summed E-state index contributed by atoms with van der Waals surface area (Å²) in [6, 6.07) is 8.80. The lowest BCUT2D eigenvalue weighted by atomic mass is 9.93. The first-order chi connectivity index (χ1) is 5.77. The van der Waals surface area contributed by atoms with Gasteiger partial charge < -0.3 is 0 Å². The average Bonchev–Trinajstić information content (AvgIpc) is 2.10. The maximum absolute atomic E-state index is 2.22. The average molecular weight is 161 g/mol. The van der Waals surface area contributed by atoms with Gasteiger partial charge in [-0.3, -0.25) is 0 Å². The predicted octanol–water partition coefficient (Wildman–Crippen LogP) is 3.74. The van der Waals surface area contributed by atoms with Crippen molar-refractivity contribution in [3.05, 3.63) is 41.3 Å². The van der Waals surface area contributed by atoms with Crippen molar-refractivity contribution in [2.75, 3.05) is 0 Å². The second-order valence-corrected chi connectivity index (χ2v) is 3.18. The van der Waals surface area contributed by atoms with E-state index in [1.54, 1.807) is 5.92 Å². The number of aryl methyl sites for hydroxylation is 1. The van der Waals surface area contributed by atoms with E-state index in [9.17, 15) is 0 Å². The Labute approximate surface area is 75.6 Å². The Morgan fingerprint density at radius 1 is 1.00 bits per heavy atom. The largest absolute Gasteiger partial charge is 0.132 e. The Hall–Kier alpha value is -0.910. The molecule has 1 aromatic rings. The summed E-state index contributed by atoms with van der Waals surface area (Å²) >= 11 is 0. The molecule has 0 spiro atoms. The third kappa shape index (κ3) is 2.04. The molecule has 0 unspecified atom stereocenters. The molecule has 0 bridgehead atoms. The molecule has 0 atom stereocenters. The highest BCUT2D eigenvalue weighted by atomic mass is 14.1. The molecule has 1 aromatic carbocycles. The van der Waals surface area contributed by atoms with Crippen LogP contribution in [0, 0.1) is 12.8 Å². The van der Waals surface area contributed by atoms with E-state index in [4.69, 9.17) is 0 Å². The topological polar surface area (TPSA) is 0 Å². The lowest BCUT2D eigenvalue weighted by Gasteiger charge is -2.04. The third-order valence-electron chi connectivity index (χ3n) is 2.31. The van der Waals surface area contributed by atoms with Crippen molar-refractivity contribution in [2.24, 2.45) is 0 Å². The van der Waals surface area contributed by atoms with Crippen LogP contribution in [0.1, 0.15) is 37.8 Å². The van der Waals surface area contributed by atoms with Crippen LogP contribution in [0.2, 0.25) is 0 Å². The van der Waals surface area contributed by atoms with Crippen LogP contribution in [0.4, 0.5) is 0 Å². The molecule has 0 radical (unpaired) electrons. The van der Waals surface area contributed by atoms with E-state index >= 15 is 0 Å². The monoisotopic (exact) mass is 161 g/mol. The molecule has 0 heterocycles. The minimum absolute atomic E-state index is 1.17. The van der Waals surface area contributed by atoms with Crippen molar-refractivity contribution in [3.63, 3.8) is 0 Å². The van der Waals surface area contributed by atoms with E-state index < -0.39 is 0 Å². The minimum atomic E-state index is 1.17. The highest BCUT2D eigenvalue weighted by Crippen LogP contribution is 2.21. The van der Waals surface area contributed by atoms with Gasteiger partial charge in [0.2, 0.25) is 0 Å². The first kappa shape index (κ1) is 9.18. The van der Waals surface area contributed by atoms with Crippen LogP contribution in [0.5, 0.6) is 0 Å². The fourth-order valence-electron chi connectivity index (χ4n) is 1.45. The highest BCUT2D eigenvalue weighted by molar-refractivity contribution is 5.32. The Morgan fingerprint density at radius 3 is 1.92 bits per heavy atom. The van der Waals surface area contributed by atoms with Gasteiger partial charge in [-0.15, -0.1) is 0 Å². The van der Waals surface area contributed by atoms with Crippen LogP contribution in [0.25, 0.3) is 0 Å². The maximum Gasteiger partial charge on any atom is 0.132 e. The smallest absolute Gasteiger partial charge is 0.0498 e. The number of rotatable bonds is 3. The molecule has 0 aliphatic rings. The van der Waals surface area contributed by atoms with Gasteiger partial charge in [0.05, 0.1) is 0 Å². The SMILES string of the molecule is CC[C+](CC)c1ccc(C)cc1. The number of benzene rings is 1. The fraction of sp³-hybridized carbons (Fsp3) is 0.417. The Bertz CT molecular complexity index is 216. The van der Waals surface area contributed by atoms with Crippen molar-refractivity contribution >= 4 is 0 Å². The van der Waals surface area contributed by atoms with E-state index in [0.29, 0.717) is 0 Å². The van der Waals surface area contributed by atoms with Crippen LogP contribution >= 0.6 is 0 Å². The summed E-state index contributed by atoms with van der Waals surface area (Å²) in [6.45, 7) is 6.57. The van der Waals surface area contributed by atoms with Crippen molar-refractivity contribution in [1.82, 2.24) is 0 Å². The first-order valence-electron chi connectivity index (χ1n) is 4.69. The second kappa shape index (κ2) is 4.20. The zero-order valence-electron chi connectivity index (χ0n) is 8.22. The zero-order chi connectivity index (χ0) is 8.97. The molecular weight excluding hydrogens is 144 g/mol. The lowest BCUT2D eigenvalue weighted by Crippen LogP contribution is -1.95. The van der Waals surface area contributed by atoms with Crippen molar-refractivity contribution < 1.29 is 0 Å². The van der Waals surface area contributed by atoms with Gasteiger partial charge in [0.1, 0.15) is 5.56 Å². The summed E-state index contributed by atoms with van der Waals surface area (Å²) in [5, 5.41) is 0. The molecule has 0 N–H and O–H groups in total.